The Kier molecular flexibility index (Phi) is 8.92. The number of sulfonamides is 1. The van der Waals surface area contributed by atoms with E-state index in [9.17, 15) is 13.2 Å². The van der Waals surface area contributed by atoms with Crippen LogP contribution >= 0.6 is 11.3 Å². The minimum absolute atomic E-state index is 0.0671. The molecule has 0 N–H and O–H groups in total. The van der Waals surface area contributed by atoms with E-state index in [4.69, 9.17) is 4.98 Å². The smallest absolute Gasteiger partial charge is 0.243 e. The van der Waals surface area contributed by atoms with Crippen LogP contribution in [0.5, 0.6) is 0 Å². The molecule has 3 aromatic heterocycles. The molecule has 1 aliphatic heterocycles. The highest BCUT2D eigenvalue weighted by Crippen LogP contribution is 2.46. The van der Waals surface area contributed by atoms with Crippen LogP contribution in [-0.4, -0.2) is 50.0 Å². The van der Waals surface area contributed by atoms with Crippen LogP contribution in [0.2, 0.25) is 0 Å². The molecule has 1 aliphatic rings. The normalized spacial score (nSPS) is 17.4. The fourth-order valence-electron chi connectivity index (χ4n) is 6.82. The van der Waals surface area contributed by atoms with Crippen molar-refractivity contribution in [3.8, 4) is 0 Å². The molecule has 246 valence electrons. The van der Waals surface area contributed by atoms with Crippen molar-refractivity contribution in [3.63, 3.8) is 0 Å². The van der Waals surface area contributed by atoms with Crippen molar-refractivity contribution >= 4 is 38.2 Å². The number of carbonyl (C=O) groups is 1. The van der Waals surface area contributed by atoms with E-state index in [0.29, 0.717) is 30.1 Å². The summed E-state index contributed by atoms with van der Waals surface area (Å²) in [5.41, 5.74) is 6.30. The van der Waals surface area contributed by atoms with E-state index in [-0.39, 0.29) is 24.7 Å². The first-order valence-corrected chi connectivity index (χ1v) is 18.4. The standard InChI is InChI=1S/C36H42N6O3S2/c1-8-42-30-13-12-28(24(4)34(30)39-40-42)33(36(6,7)32(43)18-26-10-9-15-37-19-26)35-38-29(25(5)46-35)21-41-20-23(3)17-27-16-22(2)11-14-31(27)47(41,44)45/h9-16,19,23,33H,8,17-18,20-21H2,1-7H3/t23-,33+/m0/s1. The van der Waals surface area contributed by atoms with Crippen molar-refractivity contribution in [1.82, 2.24) is 29.3 Å². The van der Waals surface area contributed by atoms with Gasteiger partial charge in [-0.25, -0.2) is 18.1 Å². The Morgan fingerprint density at radius 2 is 1.91 bits per heavy atom. The van der Waals surface area contributed by atoms with Gasteiger partial charge in [-0.05, 0) is 80.5 Å². The van der Waals surface area contributed by atoms with E-state index in [1.165, 1.54) is 11.3 Å². The van der Waals surface area contributed by atoms with E-state index in [0.717, 1.165) is 48.7 Å². The molecule has 4 heterocycles. The molecule has 6 rings (SSSR count). The van der Waals surface area contributed by atoms with Crippen LogP contribution in [-0.2, 0) is 40.7 Å². The lowest BCUT2D eigenvalue weighted by molar-refractivity contribution is -0.127. The van der Waals surface area contributed by atoms with Crippen LogP contribution in [0.3, 0.4) is 0 Å². The predicted octanol–water partition coefficient (Wildman–Crippen LogP) is 6.58. The highest BCUT2D eigenvalue weighted by atomic mass is 32.2. The Labute approximate surface area is 281 Å². The Balaban J connectivity index is 1.43. The Hall–Kier alpha value is -3.80. The number of rotatable bonds is 9. The zero-order valence-electron chi connectivity index (χ0n) is 28.1. The fourth-order valence-corrected chi connectivity index (χ4v) is 9.79. The second kappa shape index (κ2) is 12.7. The van der Waals surface area contributed by atoms with Crippen molar-refractivity contribution in [1.29, 1.82) is 0 Å². The SMILES string of the molecule is CCn1nnc2c(C)c([C@H](c3nc(CN4C[C@@H](C)Cc5cc(C)ccc5S4(=O)=O)c(C)s3)C(C)(C)C(=O)Cc3cccnc3)ccc21. The monoisotopic (exact) mass is 670 g/mol. The second-order valence-electron chi connectivity index (χ2n) is 13.4. The van der Waals surface area contributed by atoms with E-state index in [1.54, 1.807) is 22.8 Å². The second-order valence-corrected chi connectivity index (χ2v) is 16.6. The summed E-state index contributed by atoms with van der Waals surface area (Å²) in [6, 6.07) is 13.5. The van der Waals surface area contributed by atoms with Gasteiger partial charge in [-0.1, -0.05) is 55.8 Å². The number of pyridine rings is 1. The first-order chi connectivity index (χ1) is 22.3. The third-order valence-corrected chi connectivity index (χ3v) is 12.5. The molecule has 5 aromatic rings. The quantitative estimate of drug-likeness (QED) is 0.174. The zero-order chi connectivity index (χ0) is 33.7. The van der Waals surface area contributed by atoms with Gasteiger partial charge in [0.1, 0.15) is 16.3 Å². The first kappa shape index (κ1) is 33.1. The van der Waals surface area contributed by atoms with Gasteiger partial charge in [0.2, 0.25) is 10.0 Å². The molecule has 9 nitrogen and oxygen atoms in total. The van der Waals surface area contributed by atoms with Crippen LogP contribution in [0.1, 0.15) is 77.0 Å². The molecule has 2 atom stereocenters. The maximum absolute atomic E-state index is 14.2. The van der Waals surface area contributed by atoms with Gasteiger partial charge in [-0.15, -0.1) is 16.4 Å². The van der Waals surface area contributed by atoms with Gasteiger partial charge in [-0.3, -0.25) is 9.78 Å². The molecule has 0 saturated heterocycles. The number of hydrogen-bond acceptors (Lipinski definition) is 8. The summed E-state index contributed by atoms with van der Waals surface area (Å²) in [5.74, 6) is -0.185. The number of Topliss-reactive ketones (excluding diaryl/α,β-unsaturated/α-hetero) is 1. The lowest BCUT2D eigenvalue weighted by Crippen LogP contribution is -2.34. The van der Waals surface area contributed by atoms with Crippen molar-refractivity contribution in [2.75, 3.05) is 6.54 Å². The molecule has 11 heteroatoms. The lowest BCUT2D eigenvalue weighted by Gasteiger charge is -2.33. The maximum atomic E-state index is 14.2. The maximum Gasteiger partial charge on any atom is 0.243 e. The third-order valence-electron chi connectivity index (χ3n) is 9.52. The molecule has 0 fully saturated rings. The lowest BCUT2D eigenvalue weighted by atomic mass is 9.70. The largest absolute Gasteiger partial charge is 0.299 e. The Morgan fingerprint density at radius 1 is 1.13 bits per heavy atom. The highest BCUT2D eigenvalue weighted by Gasteiger charge is 2.42. The Morgan fingerprint density at radius 3 is 2.64 bits per heavy atom. The molecule has 0 saturated carbocycles. The number of fused-ring (bicyclic) bond motifs is 2. The summed E-state index contributed by atoms with van der Waals surface area (Å²) in [6.45, 7) is 15.4. The number of aromatic nitrogens is 5. The minimum Gasteiger partial charge on any atom is -0.299 e. The van der Waals surface area contributed by atoms with Gasteiger partial charge < -0.3 is 0 Å². The number of hydrogen-bond donors (Lipinski definition) is 0. The van der Waals surface area contributed by atoms with Gasteiger partial charge in [-0.2, -0.15) is 4.31 Å². The molecule has 0 spiro atoms. The van der Waals surface area contributed by atoms with E-state index in [2.05, 4.69) is 28.3 Å². The average Bonchev–Trinajstić information content (AvgIpc) is 3.59. The summed E-state index contributed by atoms with van der Waals surface area (Å²) >= 11 is 1.54. The van der Waals surface area contributed by atoms with Crippen LogP contribution in [0, 0.1) is 32.1 Å². The van der Waals surface area contributed by atoms with Gasteiger partial charge in [0.25, 0.3) is 0 Å². The molecule has 0 amide bonds. The van der Waals surface area contributed by atoms with Crippen LogP contribution in [0.15, 0.2) is 59.8 Å². The molecule has 0 unspecified atom stereocenters. The number of thiazole rings is 1. The van der Waals surface area contributed by atoms with E-state index in [1.807, 2.05) is 76.6 Å². The molecule has 2 aromatic carbocycles. The molecular formula is C36H42N6O3S2. The number of nitrogens with zero attached hydrogens (tertiary/aromatic N) is 6. The third kappa shape index (κ3) is 6.16. The Bertz CT molecular complexity index is 2070. The summed E-state index contributed by atoms with van der Waals surface area (Å²) in [6.07, 6.45) is 4.38. The van der Waals surface area contributed by atoms with Gasteiger partial charge >= 0.3 is 0 Å². The predicted molar refractivity (Wildman–Crippen MR) is 185 cm³/mol. The molecule has 0 bridgehead atoms. The zero-order valence-corrected chi connectivity index (χ0v) is 29.7. The molecular weight excluding hydrogens is 629 g/mol. The van der Waals surface area contributed by atoms with Gasteiger partial charge in [0.05, 0.1) is 22.7 Å². The van der Waals surface area contributed by atoms with Crippen LogP contribution in [0.25, 0.3) is 11.0 Å². The minimum atomic E-state index is -3.73. The van der Waals surface area contributed by atoms with Crippen LogP contribution in [0.4, 0.5) is 0 Å². The number of ketones is 1. The first-order valence-electron chi connectivity index (χ1n) is 16.1. The van der Waals surface area contributed by atoms with E-state index < -0.39 is 21.4 Å². The summed E-state index contributed by atoms with van der Waals surface area (Å²) < 4.78 is 31.5. The van der Waals surface area contributed by atoms with Gasteiger partial charge in [0.15, 0.2) is 0 Å². The fraction of sp³-hybridized carbons (Fsp3) is 0.417. The summed E-state index contributed by atoms with van der Waals surface area (Å²) in [5, 5.41) is 9.64. The summed E-state index contributed by atoms with van der Waals surface area (Å²) in [7, 11) is -3.73. The molecule has 47 heavy (non-hydrogen) atoms. The molecule has 0 aliphatic carbocycles. The van der Waals surface area contributed by atoms with Crippen molar-refractivity contribution in [2.45, 2.75) is 85.2 Å². The highest BCUT2D eigenvalue weighted by molar-refractivity contribution is 7.89. The number of carbonyl (C=O) groups excluding carboxylic acids is 1. The van der Waals surface area contributed by atoms with Crippen molar-refractivity contribution < 1.29 is 13.2 Å². The van der Waals surface area contributed by atoms with Gasteiger partial charge in [0, 0.05) is 48.1 Å². The number of benzene rings is 2. The van der Waals surface area contributed by atoms with Crippen LogP contribution < -0.4 is 0 Å². The molecule has 0 radical (unpaired) electrons. The average molecular weight is 671 g/mol. The van der Waals surface area contributed by atoms with E-state index >= 15 is 0 Å². The topological polar surface area (TPSA) is 111 Å². The summed E-state index contributed by atoms with van der Waals surface area (Å²) in [4.78, 5) is 24.9. The van der Waals surface area contributed by atoms with Crippen molar-refractivity contribution in [2.24, 2.45) is 11.3 Å². The van der Waals surface area contributed by atoms with Crippen molar-refractivity contribution in [3.05, 3.63) is 98.3 Å². The number of aryl methyl sites for hydroxylation is 4.